The van der Waals surface area contributed by atoms with E-state index in [2.05, 4.69) is 0 Å². The van der Waals surface area contributed by atoms with Gasteiger partial charge in [-0.2, -0.15) is 0 Å². The quantitative estimate of drug-likeness (QED) is 0.477. The van der Waals surface area contributed by atoms with Gasteiger partial charge < -0.3 is 20.3 Å². The molecule has 0 rings (SSSR count). The van der Waals surface area contributed by atoms with Crippen LogP contribution in [-0.2, 0) is 9.47 Å². The highest BCUT2D eigenvalue weighted by Gasteiger charge is 1.89. The summed E-state index contributed by atoms with van der Waals surface area (Å²) in [6, 6.07) is 0. The van der Waals surface area contributed by atoms with Gasteiger partial charge in [0, 0.05) is 19.8 Å². The van der Waals surface area contributed by atoms with Gasteiger partial charge in [-0.1, -0.05) is 0 Å². The van der Waals surface area contributed by atoms with Gasteiger partial charge in [0.05, 0.1) is 13.2 Å². The molecule has 0 unspecified atom stereocenters. The Morgan fingerprint density at radius 2 is 1.50 bits per heavy atom. The molecule has 0 aliphatic heterocycles. The van der Waals surface area contributed by atoms with Crippen LogP contribution in [0.3, 0.4) is 0 Å². The monoisotopic (exact) mass is 177 g/mol. The van der Waals surface area contributed by atoms with Crippen LogP contribution in [0.25, 0.3) is 0 Å². The minimum Gasteiger partial charge on any atom is -0.394 e. The Hall–Kier alpha value is -0.160. The summed E-state index contributed by atoms with van der Waals surface area (Å²) in [5.41, 5.74) is 5.28. The van der Waals surface area contributed by atoms with Crippen molar-refractivity contribution in [2.45, 2.75) is 12.8 Å². The highest BCUT2D eigenvalue weighted by molar-refractivity contribution is 4.38. The summed E-state index contributed by atoms with van der Waals surface area (Å²) in [6.07, 6.45) is 1.79. The molecule has 0 amide bonds. The molecule has 4 heteroatoms. The lowest BCUT2D eigenvalue weighted by molar-refractivity contribution is 0.0637. The Labute approximate surface area is 73.7 Å². The predicted molar refractivity (Wildman–Crippen MR) is 47.0 cm³/mol. The van der Waals surface area contributed by atoms with Crippen LogP contribution in [0, 0.1) is 0 Å². The second-order valence-electron chi connectivity index (χ2n) is 2.44. The van der Waals surface area contributed by atoms with E-state index in [1.54, 1.807) is 0 Å². The summed E-state index contributed by atoms with van der Waals surface area (Å²) in [4.78, 5) is 0. The largest absolute Gasteiger partial charge is 0.394 e. The van der Waals surface area contributed by atoms with E-state index in [4.69, 9.17) is 20.3 Å². The van der Waals surface area contributed by atoms with Gasteiger partial charge >= 0.3 is 0 Å². The van der Waals surface area contributed by atoms with E-state index in [0.29, 0.717) is 26.4 Å². The zero-order chi connectivity index (χ0) is 9.07. The van der Waals surface area contributed by atoms with E-state index in [1.165, 1.54) is 0 Å². The lowest BCUT2D eigenvalue weighted by Gasteiger charge is -2.03. The van der Waals surface area contributed by atoms with Crippen LogP contribution in [0.4, 0.5) is 0 Å². The van der Waals surface area contributed by atoms with Crippen molar-refractivity contribution in [2.24, 2.45) is 5.73 Å². The number of hydrogen-bond donors (Lipinski definition) is 2. The predicted octanol–water partition coefficient (Wildman–Crippen LogP) is -0.249. The van der Waals surface area contributed by atoms with Crippen molar-refractivity contribution >= 4 is 0 Å². The van der Waals surface area contributed by atoms with Crippen LogP contribution in [-0.4, -0.2) is 44.7 Å². The molecule has 0 fully saturated rings. The molecule has 0 aromatic heterocycles. The van der Waals surface area contributed by atoms with Crippen molar-refractivity contribution in [1.29, 1.82) is 0 Å². The SMILES string of the molecule is NCCCOCCCOCCO. The molecule has 0 aromatic rings. The Kier molecular flexibility index (Phi) is 10.7. The van der Waals surface area contributed by atoms with Crippen LogP contribution in [0.15, 0.2) is 0 Å². The molecule has 4 nitrogen and oxygen atoms in total. The molecule has 0 bridgehead atoms. The first kappa shape index (κ1) is 11.8. The van der Waals surface area contributed by atoms with Gasteiger partial charge in [-0.3, -0.25) is 0 Å². The number of nitrogens with two attached hydrogens (primary N) is 1. The van der Waals surface area contributed by atoms with E-state index >= 15 is 0 Å². The maximum absolute atomic E-state index is 8.37. The Morgan fingerprint density at radius 3 is 2.08 bits per heavy atom. The molecule has 0 saturated carbocycles. The molecule has 0 radical (unpaired) electrons. The third kappa shape index (κ3) is 9.84. The Morgan fingerprint density at radius 1 is 0.917 bits per heavy atom. The minimum atomic E-state index is 0.0913. The summed E-state index contributed by atoms with van der Waals surface area (Å²) in [6.45, 7) is 3.29. The highest BCUT2D eigenvalue weighted by atomic mass is 16.5. The van der Waals surface area contributed by atoms with Crippen molar-refractivity contribution in [1.82, 2.24) is 0 Å². The fraction of sp³-hybridized carbons (Fsp3) is 1.00. The third-order valence-corrected chi connectivity index (χ3v) is 1.31. The fourth-order valence-corrected chi connectivity index (χ4v) is 0.717. The topological polar surface area (TPSA) is 64.7 Å². The number of rotatable bonds is 9. The van der Waals surface area contributed by atoms with Crippen LogP contribution < -0.4 is 5.73 Å². The first-order chi connectivity index (χ1) is 5.91. The zero-order valence-corrected chi connectivity index (χ0v) is 7.50. The lowest BCUT2D eigenvalue weighted by atomic mass is 10.4. The molecule has 0 aliphatic carbocycles. The highest BCUT2D eigenvalue weighted by Crippen LogP contribution is 1.86. The summed E-state index contributed by atoms with van der Waals surface area (Å²) in [7, 11) is 0. The van der Waals surface area contributed by atoms with Gasteiger partial charge in [-0.25, -0.2) is 0 Å². The minimum absolute atomic E-state index is 0.0913. The number of aliphatic hydroxyl groups excluding tert-OH is 1. The standard InChI is InChI=1S/C8H19NO3/c9-3-1-5-11-6-2-7-12-8-4-10/h10H,1-9H2. The smallest absolute Gasteiger partial charge is 0.0697 e. The summed E-state index contributed by atoms with van der Waals surface area (Å²) in [5.74, 6) is 0. The van der Waals surface area contributed by atoms with Crippen LogP contribution in [0.1, 0.15) is 12.8 Å². The summed E-state index contributed by atoms with van der Waals surface area (Å²) in [5, 5.41) is 8.37. The fourth-order valence-electron chi connectivity index (χ4n) is 0.717. The van der Waals surface area contributed by atoms with Crippen molar-refractivity contribution in [3.05, 3.63) is 0 Å². The maximum Gasteiger partial charge on any atom is 0.0697 e. The number of aliphatic hydroxyl groups is 1. The molecular formula is C8H19NO3. The van der Waals surface area contributed by atoms with Crippen LogP contribution in [0.5, 0.6) is 0 Å². The van der Waals surface area contributed by atoms with Gasteiger partial charge in [0.1, 0.15) is 0 Å². The van der Waals surface area contributed by atoms with Gasteiger partial charge in [0.25, 0.3) is 0 Å². The van der Waals surface area contributed by atoms with Crippen molar-refractivity contribution in [3.8, 4) is 0 Å². The zero-order valence-electron chi connectivity index (χ0n) is 7.50. The van der Waals surface area contributed by atoms with Gasteiger partial charge in [-0.05, 0) is 19.4 Å². The van der Waals surface area contributed by atoms with E-state index in [0.717, 1.165) is 19.4 Å². The molecule has 3 N–H and O–H groups in total. The van der Waals surface area contributed by atoms with E-state index in [1.807, 2.05) is 0 Å². The summed E-state index contributed by atoms with van der Waals surface area (Å²) < 4.78 is 10.3. The summed E-state index contributed by atoms with van der Waals surface area (Å²) >= 11 is 0. The van der Waals surface area contributed by atoms with Crippen molar-refractivity contribution < 1.29 is 14.6 Å². The average Bonchev–Trinajstić information content (AvgIpc) is 2.10. The molecule has 0 spiro atoms. The first-order valence-corrected chi connectivity index (χ1v) is 4.38. The Balaban J connectivity index is 2.73. The van der Waals surface area contributed by atoms with Crippen molar-refractivity contribution in [2.75, 3.05) is 39.6 Å². The normalized spacial score (nSPS) is 10.5. The molecule has 0 saturated heterocycles. The maximum atomic E-state index is 8.37. The molecular weight excluding hydrogens is 158 g/mol. The molecule has 0 aromatic carbocycles. The number of ether oxygens (including phenoxy) is 2. The average molecular weight is 177 g/mol. The van der Waals surface area contributed by atoms with Gasteiger partial charge in [-0.15, -0.1) is 0 Å². The third-order valence-electron chi connectivity index (χ3n) is 1.31. The molecule has 0 atom stereocenters. The van der Waals surface area contributed by atoms with E-state index in [-0.39, 0.29) is 6.61 Å². The molecule has 74 valence electrons. The first-order valence-electron chi connectivity index (χ1n) is 4.38. The second-order valence-corrected chi connectivity index (χ2v) is 2.44. The molecule has 0 aliphatic rings. The lowest BCUT2D eigenvalue weighted by Crippen LogP contribution is -2.07. The van der Waals surface area contributed by atoms with Gasteiger partial charge in [0.2, 0.25) is 0 Å². The molecule has 12 heavy (non-hydrogen) atoms. The van der Waals surface area contributed by atoms with Crippen molar-refractivity contribution in [3.63, 3.8) is 0 Å². The van der Waals surface area contributed by atoms with E-state index < -0.39 is 0 Å². The van der Waals surface area contributed by atoms with E-state index in [9.17, 15) is 0 Å². The van der Waals surface area contributed by atoms with Gasteiger partial charge in [0.15, 0.2) is 0 Å². The number of hydrogen-bond acceptors (Lipinski definition) is 4. The Bertz CT molecular complexity index is 70.7. The van der Waals surface area contributed by atoms with Crippen LogP contribution >= 0.6 is 0 Å². The second kappa shape index (κ2) is 10.8. The molecule has 0 heterocycles. The van der Waals surface area contributed by atoms with Crippen LogP contribution in [0.2, 0.25) is 0 Å².